The second-order valence-corrected chi connectivity index (χ2v) is 23.9. The summed E-state index contributed by atoms with van der Waals surface area (Å²) in [4.78, 5) is 9.84. The van der Waals surface area contributed by atoms with E-state index in [1.165, 1.54) is 33.1 Å². The third kappa shape index (κ3) is 8.54. The van der Waals surface area contributed by atoms with Crippen molar-refractivity contribution in [2.24, 2.45) is 0 Å². The Balaban J connectivity index is 0.000000281. The number of benzene rings is 8. The maximum Gasteiger partial charge on any atom is 0.121 e. The normalized spacial score (nSPS) is 11.6. The summed E-state index contributed by atoms with van der Waals surface area (Å²) >= 11 is 0. The predicted molar refractivity (Wildman–Crippen MR) is 277 cm³/mol. The van der Waals surface area contributed by atoms with Gasteiger partial charge in [-0.15, -0.1) is 54.1 Å². The second-order valence-electron chi connectivity index (χ2n) is 18.8. The largest absolute Gasteiger partial charge is 0.501 e. The average Bonchev–Trinajstić information content (AvgIpc) is 3.91. The molecule has 0 atom stereocenters. The first-order chi connectivity index (χ1) is 32.0. The first-order valence-corrected chi connectivity index (χ1v) is 26.3. The van der Waals surface area contributed by atoms with Gasteiger partial charge in [-0.1, -0.05) is 131 Å². The number of rotatable bonds is 7. The number of para-hydroxylation sites is 2. The summed E-state index contributed by atoms with van der Waals surface area (Å²) in [5.41, 5.74) is 13.2. The van der Waals surface area contributed by atoms with Gasteiger partial charge < -0.3 is 14.0 Å². The van der Waals surface area contributed by atoms with Crippen LogP contribution < -0.4 is 5.19 Å². The van der Waals surface area contributed by atoms with Gasteiger partial charge >= 0.3 is 0 Å². The molecular weight excluding hydrogens is 1010 g/mol. The van der Waals surface area contributed by atoms with E-state index in [2.05, 4.69) is 178 Å². The quantitative estimate of drug-likeness (QED) is 0.0906. The van der Waals surface area contributed by atoms with Gasteiger partial charge in [0, 0.05) is 37.4 Å². The topological polar surface area (TPSA) is 67.6 Å². The third-order valence-electron chi connectivity index (χ3n) is 12.7. The summed E-state index contributed by atoms with van der Waals surface area (Å²) in [6.07, 6.45) is 2.02. The molecule has 11 rings (SSSR count). The molecule has 5 nitrogen and oxygen atoms in total. The number of pyridine rings is 1. The minimum absolute atomic E-state index is 0. The van der Waals surface area contributed by atoms with Gasteiger partial charge in [-0.05, 0) is 115 Å². The molecule has 0 aliphatic rings. The molecule has 0 aliphatic carbocycles. The maximum absolute atomic E-state index is 9.61. The number of fused-ring (bicyclic) bond motifs is 7. The molecule has 11 aromatic rings. The fraction of sp³-hybridized carbons (Fsp3) is 0.150. The Morgan fingerprint density at radius 3 is 2.03 bits per heavy atom. The Kier molecular flexibility index (Phi) is 12.4. The number of furan rings is 1. The number of imidazole rings is 1. The van der Waals surface area contributed by atoms with Crippen molar-refractivity contribution >= 4 is 67.8 Å². The number of nitriles is 1. The van der Waals surface area contributed by atoms with E-state index < -0.39 is 8.07 Å². The fourth-order valence-electron chi connectivity index (χ4n) is 9.11. The molecule has 0 spiro atoms. The van der Waals surface area contributed by atoms with Crippen LogP contribution in [0.25, 0.3) is 94.0 Å². The third-order valence-corrected chi connectivity index (χ3v) is 14.7. The van der Waals surface area contributed by atoms with Crippen LogP contribution in [0.3, 0.4) is 0 Å². The molecule has 0 saturated carbocycles. The molecule has 0 saturated heterocycles. The Bertz CT molecular complexity index is 3610. The smallest absolute Gasteiger partial charge is 0.121 e. The van der Waals surface area contributed by atoms with Crippen molar-refractivity contribution in [3.63, 3.8) is 0 Å². The van der Waals surface area contributed by atoms with Gasteiger partial charge in [0.15, 0.2) is 0 Å². The van der Waals surface area contributed by atoms with Crippen LogP contribution in [0.2, 0.25) is 19.6 Å². The molecule has 1 radical (unpaired) electrons. The molecular formula is C60H50IrN4OSi-2. The van der Waals surface area contributed by atoms with Crippen molar-refractivity contribution in [2.75, 3.05) is 0 Å². The van der Waals surface area contributed by atoms with Crippen LogP contribution in [-0.4, -0.2) is 22.6 Å². The molecule has 0 amide bonds. The van der Waals surface area contributed by atoms with Gasteiger partial charge in [-0.2, -0.15) is 5.26 Å². The van der Waals surface area contributed by atoms with Crippen LogP contribution in [0.4, 0.5) is 0 Å². The number of aromatic nitrogens is 3. The van der Waals surface area contributed by atoms with E-state index >= 15 is 0 Å². The van der Waals surface area contributed by atoms with Crippen molar-refractivity contribution in [1.29, 1.82) is 5.26 Å². The zero-order chi connectivity index (χ0) is 45.7. The van der Waals surface area contributed by atoms with Gasteiger partial charge in [0.05, 0.1) is 42.1 Å². The molecule has 0 unspecified atom stereocenters. The summed E-state index contributed by atoms with van der Waals surface area (Å²) in [6, 6.07) is 63.6. The molecule has 0 fully saturated rings. The molecule has 3 heterocycles. The monoisotopic (exact) mass is 1060 g/mol. The van der Waals surface area contributed by atoms with E-state index in [1.807, 2.05) is 60.8 Å². The molecule has 3 aromatic heterocycles. The predicted octanol–water partition coefficient (Wildman–Crippen LogP) is 15.6. The van der Waals surface area contributed by atoms with Gasteiger partial charge in [0.2, 0.25) is 0 Å². The van der Waals surface area contributed by atoms with Crippen molar-refractivity contribution in [1.82, 2.24) is 14.5 Å². The molecule has 0 bridgehead atoms. The van der Waals surface area contributed by atoms with Crippen LogP contribution in [-0.2, 0) is 20.1 Å². The van der Waals surface area contributed by atoms with Gasteiger partial charge in [0.25, 0.3) is 0 Å². The summed E-state index contributed by atoms with van der Waals surface area (Å²) in [5.74, 6) is 1.32. The van der Waals surface area contributed by atoms with Gasteiger partial charge in [0.1, 0.15) is 5.58 Å². The zero-order valence-corrected chi connectivity index (χ0v) is 42.2. The summed E-state index contributed by atoms with van der Waals surface area (Å²) in [7, 11) is -1.23. The minimum Gasteiger partial charge on any atom is -0.501 e. The fourth-order valence-corrected chi connectivity index (χ4v) is 10.1. The Labute approximate surface area is 407 Å². The summed E-state index contributed by atoms with van der Waals surface area (Å²) in [5, 5.41) is 17.4. The minimum atomic E-state index is -1.23. The first-order valence-electron chi connectivity index (χ1n) is 22.8. The average molecular weight is 1060 g/mol. The van der Waals surface area contributed by atoms with Crippen molar-refractivity contribution in [3.05, 3.63) is 193 Å². The Hall–Kier alpha value is -6.94. The van der Waals surface area contributed by atoms with Crippen LogP contribution in [0, 0.1) is 23.5 Å². The van der Waals surface area contributed by atoms with Crippen LogP contribution in [0.1, 0.15) is 56.2 Å². The number of hydrogen-bond donors (Lipinski definition) is 0. The SMILES string of the molecule is CC(C)c1cc(-c2ccccc2)cc(C(C)C)c1-n1c(-c2[c-]ccc3c2oc2cc4c(ccc5ccc(C#N)cc54)cc23)nc2ccccc21.C[Si](C)(C)c1ccc(-c2[c-]cccc2)nc1.[Ir]. The molecule has 7 heteroatoms. The number of nitrogens with zero attached hydrogens (tertiary/aromatic N) is 4. The van der Waals surface area contributed by atoms with E-state index in [0.717, 1.165) is 77.2 Å². The number of hydrogen-bond acceptors (Lipinski definition) is 4. The molecule has 0 N–H and O–H groups in total. The molecule has 331 valence electrons. The van der Waals surface area contributed by atoms with Gasteiger partial charge in [-0.3, -0.25) is 4.98 Å². The van der Waals surface area contributed by atoms with E-state index in [0.29, 0.717) is 5.56 Å². The molecule has 0 aliphatic heterocycles. The van der Waals surface area contributed by atoms with E-state index in [9.17, 15) is 5.26 Å². The maximum atomic E-state index is 9.61. The first kappa shape index (κ1) is 45.2. The second kappa shape index (κ2) is 18.4. The van der Waals surface area contributed by atoms with Crippen LogP contribution in [0.5, 0.6) is 0 Å². The van der Waals surface area contributed by atoms with Gasteiger partial charge in [-0.25, -0.2) is 0 Å². The van der Waals surface area contributed by atoms with Crippen LogP contribution in [0.15, 0.2) is 168 Å². The van der Waals surface area contributed by atoms with Crippen molar-refractivity contribution in [2.45, 2.75) is 59.2 Å². The zero-order valence-electron chi connectivity index (χ0n) is 38.8. The Morgan fingerprint density at radius 2 is 1.34 bits per heavy atom. The molecule has 8 aromatic carbocycles. The van der Waals surface area contributed by atoms with Crippen molar-refractivity contribution in [3.8, 4) is 45.5 Å². The summed E-state index contributed by atoms with van der Waals surface area (Å²) < 4.78 is 9.17. The van der Waals surface area contributed by atoms with E-state index in [-0.39, 0.29) is 31.9 Å². The Morgan fingerprint density at radius 1 is 0.642 bits per heavy atom. The van der Waals surface area contributed by atoms with Crippen molar-refractivity contribution < 1.29 is 24.5 Å². The van der Waals surface area contributed by atoms with E-state index in [4.69, 9.17) is 9.40 Å². The van der Waals surface area contributed by atoms with E-state index in [1.54, 1.807) is 0 Å². The molecule has 67 heavy (non-hydrogen) atoms. The van der Waals surface area contributed by atoms with Crippen LogP contribution >= 0.6 is 0 Å². The standard InChI is InChI=1S/C46H34N3O.C14H16NSi.Ir/c1-27(2)36-23-33(30-11-6-5-7-12-30)24-37(28(3)4)44(36)49-42-16-9-8-15-41(42)48-46(49)35-14-10-13-34-40-22-32-20-19-31-18-17-29(26-47)21-38(31)39(32)25-43(40)50-45(34)35;1-16(2,3)13-9-10-14(15-11-13)12-7-5-4-6-8-12;/h5-13,15-25,27-28H,1-4H3;4-7,9-11H,1-3H3;/q2*-1;. The summed E-state index contributed by atoms with van der Waals surface area (Å²) in [6.45, 7) is 16.1.